The number of benzene rings is 1. The molecule has 0 N–H and O–H groups in total. The fourth-order valence-electron chi connectivity index (χ4n) is 2.10. The third-order valence-electron chi connectivity index (χ3n) is 3.64. The summed E-state index contributed by atoms with van der Waals surface area (Å²) in [5.41, 5.74) is 1.18. The molecule has 0 saturated carbocycles. The molecule has 0 spiro atoms. The van der Waals surface area contributed by atoms with Crippen molar-refractivity contribution in [1.82, 2.24) is 0 Å². The average Bonchev–Trinajstić information content (AvgIpc) is 2.72. The molecule has 31 heavy (non-hydrogen) atoms. The lowest BCUT2D eigenvalue weighted by Gasteiger charge is -2.14. The molecule has 0 saturated heterocycles. The minimum atomic E-state index is -0.621. The van der Waals surface area contributed by atoms with E-state index < -0.39 is 11.9 Å². The second kappa shape index (κ2) is 12.8. The first-order valence-electron chi connectivity index (χ1n) is 9.47. The topological polar surface area (TPSA) is 71.1 Å². The Hall–Kier alpha value is -3.61. The Bertz CT molecular complexity index is 911. The van der Waals surface area contributed by atoms with Gasteiger partial charge in [-0.05, 0) is 50.6 Å². The highest BCUT2D eigenvalue weighted by Gasteiger charge is 2.10. The van der Waals surface area contributed by atoms with Crippen molar-refractivity contribution >= 4 is 17.5 Å². The fourth-order valence-corrected chi connectivity index (χ4v) is 2.10. The molecule has 0 unspecified atom stereocenters. The third kappa shape index (κ3) is 8.74. The molecule has 1 rings (SSSR count). The van der Waals surface area contributed by atoms with Crippen LogP contribution in [0.15, 0.2) is 73.3 Å². The van der Waals surface area contributed by atoms with Crippen LogP contribution >= 0.6 is 0 Å². The average molecular weight is 430 g/mol. The molecular formula is C24H27FO6. The normalized spacial score (nSPS) is 11.0. The predicted molar refractivity (Wildman–Crippen MR) is 117 cm³/mol. The van der Waals surface area contributed by atoms with Gasteiger partial charge in [0, 0.05) is 16.7 Å². The molecule has 0 fully saturated rings. The molecule has 1 aromatic rings. The van der Waals surface area contributed by atoms with E-state index in [1.54, 1.807) is 25.1 Å². The molecule has 0 bridgehead atoms. The lowest BCUT2D eigenvalue weighted by molar-refractivity contribution is -0.139. The van der Waals surface area contributed by atoms with Gasteiger partial charge in [0.15, 0.2) is 11.5 Å². The Morgan fingerprint density at radius 3 is 2.23 bits per heavy atom. The summed E-state index contributed by atoms with van der Waals surface area (Å²) in [4.78, 5) is 22.9. The summed E-state index contributed by atoms with van der Waals surface area (Å²) in [6, 6.07) is 4.88. The maximum atomic E-state index is 13.5. The second-order valence-corrected chi connectivity index (χ2v) is 6.39. The van der Waals surface area contributed by atoms with E-state index in [2.05, 4.69) is 19.7 Å². The summed E-state index contributed by atoms with van der Waals surface area (Å²) >= 11 is 0. The molecule has 0 aliphatic carbocycles. The van der Waals surface area contributed by atoms with Gasteiger partial charge in [-0.3, -0.25) is 0 Å². The van der Waals surface area contributed by atoms with Gasteiger partial charge in [0.2, 0.25) is 0 Å². The Kier molecular flexibility index (Phi) is 10.5. The van der Waals surface area contributed by atoms with Gasteiger partial charge in [0.1, 0.15) is 19.0 Å². The van der Waals surface area contributed by atoms with Crippen molar-refractivity contribution in [2.24, 2.45) is 0 Å². The largest absolute Gasteiger partial charge is 0.490 e. The summed E-state index contributed by atoms with van der Waals surface area (Å²) in [5.74, 6) is -0.285. The Morgan fingerprint density at radius 2 is 1.65 bits per heavy atom. The molecule has 0 aromatic heterocycles. The van der Waals surface area contributed by atoms with Crippen LogP contribution in [0.2, 0.25) is 0 Å². The molecule has 1 aromatic carbocycles. The lowest BCUT2D eigenvalue weighted by atomic mass is 10.1. The van der Waals surface area contributed by atoms with Crippen LogP contribution in [-0.4, -0.2) is 31.8 Å². The zero-order valence-corrected chi connectivity index (χ0v) is 18.0. The number of halogens is 1. The van der Waals surface area contributed by atoms with E-state index in [1.807, 2.05) is 6.92 Å². The van der Waals surface area contributed by atoms with Gasteiger partial charge in [0.25, 0.3) is 0 Å². The standard InChI is InChI=1S/C24H27FO6/c1-7-28-21-11-10-19(14-22(21)29-12-13-30-23(26)16(2)3)20(15-25)9-8-18(6)31-24(27)17(4)5/h8-11,14-15H,2,4,6-7,12-13H2,1,3,5H3/b9-8-,20-15-. The molecule has 166 valence electrons. The van der Waals surface area contributed by atoms with Crippen LogP contribution in [0.3, 0.4) is 0 Å². The highest BCUT2D eigenvalue weighted by Crippen LogP contribution is 2.31. The smallest absolute Gasteiger partial charge is 0.338 e. The zero-order chi connectivity index (χ0) is 23.4. The number of hydrogen-bond donors (Lipinski definition) is 0. The summed E-state index contributed by atoms with van der Waals surface area (Å²) in [5, 5.41) is 0. The van der Waals surface area contributed by atoms with Gasteiger partial charge in [-0.25, -0.2) is 14.0 Å². The molecule has 0 aliphatic heterocycles. The minimum absolute atomic E-state index is 0.0150. The first kappa shape index (κ1) is 25.4. The number of ether oxygens (including phenoxy) is 4. The van der Waals surface area contributed by atoms with E-state index in [0.29, 0.717) is 30.0 Å². The van der Waals surface area contributed by atoms with Crippen molar-refractivity contribution in [1.29, 1.82) is 0 Å². The van der Waals surface area contributed by atoms with Gasteiger partial charge >= 0.3 is 11.9 Å². The second-order valence-electron chi connectivity index (χ2n) is 6.39. The van der Waals surface area contributed by atoms with Crippen LogP contribution < -0.4 is 9.47 Å². The lowest BCUT2D eigenvalue weighted by Crippen LogP contribution is -2.13. The quantitative estimate of drug-likeness (QED) is 0.151. The van der Waals surface area contributed by atoms with Crippen LogP contribution in [0.5, 0.6) is 11.5 Å². The SMILES string of the molecule is C=C(/C=C\C(=C\F)c1ccc(OCC)c(OCCOC(=O)C(=C)C)c1)OC(=O)C(=C)C. The van der Waals surface area contributed by atoms with Crippen LogP contribution in [0, 0.1) is 0 Å². The highest BCUT2D eigenvalue weighted by molar-refractivity contribution is 5.88. The molecule has 0 amide bonds. The maximum Gasteiger partial charge on any atom is 0.338 e. The van der Waals surface area contributed by atoms with Crippen molar-refractivity contribution in [3.8, 4) is 11.5 Å². The number of esters is 2. The van der Waals surface area contributed by atoms with E-state index in [1.165, 1.54) is 19.1 Å². The van der Waals surface area contributed by atoms with Crippen LogP contribution in [0.25, 0.3) is 5.57 Å². The highest BCUT2D eigenvalue weighted by atomic mass is 19.1. The van der Waals surface area contributed by atoms with Crippen molar-refractivity contribution in [3.05, 3.63) is 78.9 Å². The molecule has 7 heteroatoms. The third-order valence-corrected chi connectivity index (χ3v) is 3.64. The number of carbonyl (C=O) groups is 2. The van der Waals surface area contributed by atoms with Crippen molar-refractivity contribution in [2.75, 3.05) is 19.8 Å². The van der Waals surface area contributed by atoms with E-state index >= 15 is 0 Å². The fraction of sp³-hybridized carbons (Fsp3) is 0.250. The number of rotatable bonds is 12. The van der Waals surface area contributed by atoms with Gasteiger partial charge in [-0.2, -0.15) is 0 Å². The summed E-state index contributed by atoms with van der Waals surface area (Å²) in [6.07, 6.45) is 3.17. The first-order valence-corrected chi connectivity index (χ1v) is 9.47. The van der Waals surface area contributed by atoms with E-state index in [0.717, 1.165) is 0 Å². The molecule has 0 heterocycles. The van der Waals surface area contributed by atoms with Gasteiger partial charge in [0.05, 0.1) is 12.9 Å². The zero-order valence-electron chi connectivity index (χ0n) is 18.0. The van der Waals surface area contributed by atoms with Crippen molar-refractivity contribution in [3.63, 3.8) is 0 Å². The minimum Gasteiger partial charge on any atom is -0.490 e. The number of carbonyl (C=O) groups excluding carboxylic acids is 2. The van der Waals surface area contributed by atoms with E-state index in [4.69, 9.17) is 18.9 Å². The molecule has 6 nitrogen and oxygen atoms in total. The van der Waals surface area contributed by atoms with Crippen LogP contribution in [-0.2, 0) is 19.1 Å². The first-order chi connectivity index (χ1) is 14.7. The predicted octanol–water partition coefficient (Wildman–Crippen LogP) is 5.08. The summed E-state index contributed by atoms with van der Waals surface area (Å²) in [6.45, 7) is 15.9. The van der Waals surface area contributed by atoms with E-state index in [-0.39, 0.29) is 35.7 Å². The van der Waals surface area contributed by atoms with Crippen LogP contribution in [0.1, 0.15) is 26.3 Å². The Morgan fingerprint density at radius 1 is 0.968 bits per heavy atom. The summed E-state index contributed by atoms with van der Waals surface area (Å²) < 4.78 is 34.7. The molecule has 0 aliphatic rings. The van der Waals surface area contributed by atoms with E-state index in [9.17, 15) is 14.0 Å². The Labute approximate surface area is 181 Å². The molecular weight excluding hydrogens is 403 g/mol. The Balaban J connectivity index is 2.93. The molecule has 0 atom stereocenters. The molecule has 0 radical (unpaired) electrons. The number of hydrogen-bond acceptors (Lipinski definition) is 6. The summed E-state index contributed by atoms with van der Waals surface area (Å²) in [7, 11) is 0. The number of allylic oxidation sites excluding steroid dienone is 3. The van der Waals surface area contributed by atoms with Crippen LogP contribution in [0.4, 0.5) is 4.39 Å². The monoisotopic (exact) mass is 430 g/mol. The van der Waals surface area contributed by atoms with Gasteiger partial charge < -0.3 is 18.9 Å². The van der Waals surface area contributed by atoms with Crippen molar-refractivity contribution in [2.45, 2.75) is 20.8 Å². The van der Waals surface area contributed by atoms with Gasteiger partial charge in [-0.1, -0.05) is 25.8 Å². The maximum absolute atomic E-state index is 13.5. The van der Waals surface area contributed by atoms with Crippen molar-refractivity contribution < 1.29 is 32.9 Å². The van der Waals surface area contributed by atoms with Gasteiger partial charge in [-0.15, -0.1) is 0 Å².